The van der Waals surface area contributed by atoms with E-state index in [4.69, 9.17) is 0 Å². The Balaban J connectivity index is 1.39. The molecule has 0 saturated heterocycles. The number of thiophene rings is 1. The summed E-state index contributed by atoms with van der Waals surface area (Å²) >= 11 is 1.81. The fourth-order valence-electron chi connectivity index (χ4n) is 4.53. The van der Waals surface area contributed by atoms with Crippen LogP contribution in [0.25, 0.3) is 54.8 Å². The third-order valence-corrected chi connectivity index (χ3v) is 7.72. The van der Waals surface area contributed by atoms with Gasteiger partial charge in [-0.25, -0.2) is 0 Å². The number of rotatable bonds is 5. The van der Waals surface area contributed by atoms with Gasteiger partial charge >= 0.3 is 0 Å². The highest BCUT2D eigenvalue weighted by Gasteiger charge is 2.22. The highest BCUT2D eigenvalue weighted by atomic mass is 32.1. The molecular formula is C30H29N5OS. The van der Waals surface area contributed by atoms with Crippen LogP contribution in [0.2, 0.25) is 0 Å². The number of nitrogens with one attached hydrogen (secondary N) is 3. The fraction of sp³-hybridized carbons (Fsp3) is 0.200. The van der Waals surface area contributed by atoms with Gasteiger partial charge in [-0.15, -0.1) is 11.3 Å². The Kier molecular flexibility index (Phi) is 5.62. The SMILES string of the molecule is Cc1ccc(-c2cccc3[nH]c(-c4n[nH]c5ccc(-c6cncc(NC(O)C(C)(C)C)c6)cc45)cc23)s1. The van der Waals surface area contributed by atoms with E-state index in [1.54, 1.807) is 6.20 Å². The molecule has 7 heteroatoms. The maximum Gasteiger partial charge on any atom is 0.129 e. The summed E-state index contributed by atoms with van der Waals surface area (Å²) in [6.07, 6.45) is 2.89. The first-order valence-electron chi connectivity index (χ1n) is 12.3. The summed E-state index contributed by atoms with van der Waals surface area (Å²) in [6, 6.07) is 21.2. The summed E-state index contributed by atoms with van der Waals surface area (Å²) in [5, 5.41) is 23.7. The van der Waals surface area contributed by atoms with E-state index >= 15 is 0 Å². The van der Waals surface area contributed by atoms with E-state index in [0.717, 1.165) is 44.6 Å². The number of hydrogen-bond donors (Lipinski definition) is 4. The van der Waals surface area contributed by atoms with Crippen molar-refractivity contribution in [2.24, 2.45) is 5.41 Å². The standard InChI is InChI=1S/C30H29N5OS/c1-17-8-11-27(37-17)21-6-5-7-24-22(21)14-26(33-24)28-23-13-18(9-10-25(23)34-35-28)19-12-20(16-31-15-19)32-29(36)30(2,3)4/h5-16,29,32-33,36H,1-4H3,(H,34,35). The van der Waals surface area contributed by atoms with Gasteiger partial charge in [-0.1, -0.05) is 39.0 Å². The number of nitrogens with zero attached hydrogens (tertiary/aromatic N) is 2. The number of H-pyrrole nitrogens is 2. The van der Waals surface area contributed by atoms with E-state index in [0.29, 0.717) is 0 Å². The first kappa shape index (κ1) is 23.5. The summed E-state index contributed by atoms with van der Waals surface area (Å²) in [4.78, 5) is 10.6. The normalized spacial score (nSPS) is 12.9. The lowest BCUT2D eigenvalue weighted by Gasteiger charge is -2.27. The molecule has 0 radical (unpaired) electrons. The summed E-state index contributed by atoms with van der Waals surface area (Å²) in [5.74, 6) is 0. The molecule has 1 atom stereocenters. The molecule has 0 aliphatic rings. The lowest BCUT2D eigenvalue weighted by Crippen LogP contribution is -2.33. The molecule has 186 valence electrons. The first-order chi connectivity index (χ1) is 17.8. The van der Waals surface area contributed by atoms with E-state index in [-0.39, 0.29) is 5.41 Å². The van der Waals surface area contributed by atoms with Crippen molar-refractivity contribution in [1.82, 2.24) is 20.2 Å². The van der Waals surface area contributed by atoms with E-state index in [9.17, 15) is 5.11 Å². The van der Waals surface area contributed by atoms with Crippen molar-refractivity contribution in [2.45, 2.75) is 33.9 Å². The molecule has 0 aliphatic carbocycles. The number of aromatic amines is 2. The third kappa shape index (κ3) is 4.41. The molecule has 4 aromatic heterocycles. The average Bonchev–Trinajstić information content (AvgIpc) is 3.60. The van der Waals surface area contributed by atoms with Crippen LogP contribution in [-0.4, -0.2) is 31.5 Å². The molecule has 6 rings (SSSR count). The van der Waals surface area contributed by atoms with Crippen molar-refractivity contribution < 1.29 is 5.11 Å². The second-order valence-electron chi connectivity index (χ2n) is 10.6. The molecular weight excluding hydrogens is 478 g/mol. The van der Waals surface area contributed by atoms with Gasteiger partial charge in [0.15, 0.2) is 0 Å². The zero-order valence-corrected chi connectivity index (χ0v) is 22.1. The predicted octanol–water partition coefficient (Wildman–Crippen LogP) is 7.59. The number of pyridine rings is 1. The van der Waals surface area contributed by atoms with E-state index in [1.807, 2.05) is 50.4 Å². The smallest absolute Gasteiger partial charge is 0.129 e. The lowest BCUT2D eigenvalue weighted by atomic mass is 9.94. The quantitative estimate of drug-likeness (QED) is 0.181. The largest absolute Gasteiger partial charge is 0.373 e. The molecule has 6 nitrogen and oxygen atoms in total. The number of aliphatic hydroxyl groups excluding tert-OH is 1. The minimum Gasteiger partial charge on any atom is -0.373 e. The Hall–Kier alpha value is -3.94. The van der Waals surface area contributed by atoms with Gasteiger partial charge < -0.3 is 15.4 Å². The van der Waals surface area contributed by atoms with Crippen LogP contribution in [0.1, 0.15) is 25.6 Å². The molecule has 1 unspecified atom stereocenters. The number of fused-ring (bicyclic) bond motifs is 2. The van der Waals surface area contributed by atoms with Gasteiger partial charge in [-0.2, -0.15) is 5.10 Å². The minimum absolute atomic E-state index is 0.289. The van der Waals surface area contributed by atoms with Gasteiger partial charge in [0, 0.05) is 48.8 Å². The first-order valence-corrected chi connectivity index (χ1v) is 13.1. The molecule has 6 aromatic rings. The van der Waals surface area contributed by atoms with Crippen LogP contribution in [0.5, 0.6) is 0 Å². The zero-order valence-electron chi connectivity index (χ0n) is 21.3. The number of aliphatic hydroxyl groups is 1. The van der Waals surface area contributed by atoms with Crippen LogP contribution in [0.4, 0.5) is 5.69 Å². The van der Waals surface area contributed by atoms with Crippen molar-refractivity contribution in [1.29, 1.82) is 0 Å². The molecule has 2 aromatic carbocycles. The van der Waals surface area contributed by atoms with Crippen LogP contribution < -0.4 is 5.32 Å². The summed E-state index contributed by atoms with van der Waals surface area (Å²) in [6.45, 7) is 8.11. The molecule has 37 heavy (non-hydrogen) atoms. The molecule has 4 heterocycles. The average molecular weight is 508 g/mol. The van der Waals surface area contributed by atoms with E-state index in [2.05, 4.69) is 80.9 Å². The highest BCUT2D eigenvalue weighted by Crippen LogP contribution is 2.37. The molecule has 0 aliphatic heterocycles. The molecule has 0 bridgehead atoms. The van der Waals surface area contributed by atoms with Crippen molar-refractivity contribution in [3.8, 4) is 33.0 Å². The second-order valence-corrected chi connectivity index (χ2v) is 11.9. The Labute approximate surface area is 219 Å². The highest BCUT2D eigenvalue weighted by molar-refractivity contribution is 7.15. The van der Waals surface area contributed by atoms with E-state index in [1.165, 1.54) is 20.7 Å². The van der Waals surface area contributed by atoms with Crippen molar-refractivity contribution in [3.63, 3.8) is 0 Å². The van der Waals surface area contributed by atoms with Gasteiger partial charge in [-0.05, 0) is 55.0 Å². The van der Waals surface area contributed by atoms with Gasteiger partial charge in [0.05, 0.1) is 23.1 Å². The predicted molar refractivity (Wildman–Crippen MR) is 154 cm³/mol. The number of aromatic nitrogens is 4. The monoisotopic (exact) mass is 507 g/mol. The van der Waals surface area contributed by atoms with Crippen molar-refractivity contribution >= 4 is 38.8 Å². The fourth-order valence-corrected chi connectivity index (χ4v) is 5.43. The third-order valence-electron chi connectivity index (χ3n) is 6.68. The minimum atomic E-state index is -0.683. The van der Waals surface area contributed by atoms with Crippen LogP contribution in [0.15, 0.2) is 73.1 Å². The Morgan fingerprint density at radius 1 is 0.919 bits per heavy atom. The van der Waals surface area contributed by atoms with Crippen LogP contribution in [0, 0.1) is 12.3 Å². The van der Waals surface area contributed by atoms with Gasteiger partial charge in [-0.3, -0.25) is 10.1 Å². The number of benzene rings is 2. The molecule has 4 N–H and O–H groups in total. The number of aryl methyl sites for hydroxylation is 1. The molecule has 0 fully saturated rings. The Morgan fingerprint density at radius 3 is 2.57 bits per heavy atom. The van der Waals surface area contributed by atoms with Crippen LogP contribution in [-0.2, 0) is 0 Å². The topological polar surface area (TPSA) is 89.6 Å². The maximum absolute atomic E-state index is 10.5. The van der Waals surface area contributed by atoms with Crippen LogP contribution >= 0.6 is 11.3 Å². The summed E-state index contributed by atoms with van der Waals surface area (Å²) in [7, 11) is 0. The maximum atomic E-state index is 10.5. The van der Waals surface area contributed by atoms with Gasteiger partial charge in [0.25, 0.3) is 0 Å². The molecule has 0 saturated carbocycles. The van der Waals surface area contributed by atoms with E-state index < -0.39 is 6.23 Å². The molecule has 0 spiro atoms. The Bertz CT molecular complexity index is 1740. The Morgan fingerprint density at radius 2 is 1.78 bits per heavy atom. The zero-order chi connectivity index (χ0) is 25.7. The second kappa shape index (κ2) is 8.87. The van der Waals surface area contributed by atoms with Crippen molar-refractivity contribution in [3.05, 3.63) is 77.9 Å². The van der Waals surface area contributed by atoms with Gasteiger partial charge in [0.1, 0.15) is 11.9 Å². The van der Waals surface area contributed by atoms with Crippen LogP contribution in [0.3, 0.4) is 0 Å². The lowest BCUT2D eigenvalue weighted by molar-refractivity contribution is 0.0880. The number of hydrogen-bond acceptors (Lipinski definition) is 5. The summed E-state index contributed by atoms with van der Waals surface area (Å²) < 4.78 is 0. The number of anilines is 1. The van der Waals surface area contributed by atoms with Crippen molar-refractivity contribution in [2.75, 3.05) is 5.32 Å². The molecule has 0 amide bonds. The van der Waals surface area contributed by atoms with Gasteiger partial charge in [0.2, 0.25) is 0 Å². The summed E-state index contributed by atoms with van der Waals surface area (Å²) in [5.41, 5.74) is 7.62.